The second kappa shape index (κ2) is 6.92. The van der Waals surface area contributed by atoms with E-state index in [1.54, 1.807) is 0 Å². The SMILES string of the molecule is Cc1ccc(SCCSc2cc(N)ccc2C)cc1. The van der Waals surface area contributed by atoms with Crippen molar-refractivity contribution in [3.8, 4) is 0 Å². The fraction of sp³-hybridized carbons (Fsp3) is 0.250. The molecule has 100 valence electrons. The molecule has 0 aliphatic heterocycles. The van der Waals surface area contributed by atoms with Crippen molar-refractivity contribution in [1.82, 2.24) is 0 Å². The van der Waals surface area contributed by atoms with E-state index in [2.05, 4.69) is 50.2 Å². The van der Waals surface area contributed by atoms with Gasteiger partial charge in [0.2, 0.25) is 0 Å². The third-order valence-corrected chi connectivity index (χ3v) is 5.27. The van der Waals surface area contributed by atoms with E-state index in [1.165, 1.54) is 20.9 Å². The highest BCUT2D eigenvalue weighted by molar-refractivity contribution is 8.03. The number of thioether (sulfide) groups is 2. The molecule has 0 saturated heterocycles. The van der Waals surface area contributed by atoms with Gasteiger partial charge in [-0.25, -0.2) is 0 Å². The summed E-state index contributed by atoms with van der Waals surface area (Å²) in [6.45, 7) is 4.25. The number of anilines is 1. The molecule has 2 aromatic rings. The first-order valence-corrected chi connectivity index (χ1v) is 8.30. The van der Waals surface area contributed by atoms with Gasteiger partial charge in [0.25, 0.3) is 0 Å². The summed E-state index contributed by atoms with van der Waals surface area (Å²) in [6.07, 6.45) is 0. The standard InChI is InChI=1S/C16H19NS2/c1-12-3-7-15(8-4-12)18-9-10-19-16-11-14(17)6-5-13(16)2/h3-8,11H,9-10,17H2,1-2H3. The smallest absolute Gasteiger partial charge is 0.0325 e. The van der Waals surface area contributed by atoms with E-state index >= 15 is 0 Å². The minimum Gasteiger partial charge on any atom is -0.399 e. The highest BCUT2D eigenvalue weighted by Gasteiger charge is 2.00. The highest BCUT2D eigenvalue weighted by atomic mass is 32.2. The van der Waals surface area contributed by atoms with E-state index in [1.807, 2.05) is 29.6 Å². The Kier molecular flexibility index (Phi) is 5.23. The molecule has 0 aliphatic rings. The zero-order valence-electron chi connectivity index (χ0n) is 11.3. The molecule has 2 N–H and O–H groups in total. The maximum absolute atomic E-state index is 5.82. The van der Waals surface area contributed by atoms with Gasteiger partial charge in [-0.15, -0.1) is 23.5 Å². The third kappa shape index (κ3) is 4.51. The first kappa shape index (κ1) is 14.4. The average Bonchev–Trinajstić information content (AvgIpc) is 2.40. The second-order valence-corrected chi connectivity index (χ2v) is 6.84. The molecular weight excluding hydrogens is 270 g/mol. The number of aryl methyl sites for hydroxylation is 2. The van der Waals surface area contributed by atoms with Crippen LogP contribution in [0.4, 0.5) is 5.69 Å². The lowest BCUT2D eigenvalue weighted by Gasteiger charge is -2.06. The van der Waals surface area contributed by atoms with Crippen molar-refractivity contribution >= 4 is 29.2 Å². The topological polar surface area (TPSA) is 26.0 Å². The third-order valence-electron chi connectivity index (χ3n) is 2.84. The molecule has 19 heavy (non-hydrogen) atoms. The van der Waals surface area contributed by atoms with Crippen molar-refractivity contribution in [2.75, 3.05) is 17.2 Å². The normalized spacial score (nSPS) is 10.6. The Bertz CT molecular complexity index is 535. The van der Waals surface area contributed by atoms with Crippen LogP contribution in [0.2, 0.25) is 0 Å². The molecule has 0 aromatic heterocycles. The van der Waals surface area contributed by atoms with Gasteiger partial charge in [0.1, 0.15) is 0 Å². The molecule has 3 heteroatoms. The predicted octanol–water partition coefficient (Wildman–Crippen LogP) is 4.77. The second-order valence-electron chi connectivity index (χ2n) is 4.53. The van der Waals surface area contributed by atoms with E-state index < -0.39 is 0 Å². The summed E-state index contributed by atoms with van der Waals surface area (Å²) in [6, 6.07) is 14.8. The molecule has 0 aliphatic carbocycles. The molecule has 0 amide bonds. The van der Waals surface area contributed by atoms with Gasteiger partial charge in [-0.3, -0.25) is 0 Å². The molecule has 0 atom stereocenters. The number of rotatable bonds is 5. The lowest BCUT2D eigenvalue weighted by atomic mass is 10.2. The Balaban J connectivity index is 1.80. The molecule has 1 nitrogen and oxygen atoms in total. The summed E-state index contributed by atoms with van der Waals surface area (Å²) in [5, 5.41) is 0. The molecule has 0 spiro atoms. The van der Waals surface area contributed by atoms with Crippen LogP contribution in [-0.2, 0) is 0 Å². The number of hydrogen-bond donors (Lipinski definition) is 1. The van der Waals surface area contributed by atoms with E-state index in [-0.39, 0.29) is 0 Å². The maximum atomic E-state index is 5.82. The predicted molar refractivity (Wildman–Crippen MR) is 88.2 cm³/mol. The van der Waals surface area contributed by atoms with Crippen LogP contribution >= 0.6 is 23.5 Å². The summed E-state index contributed by atoms with van der Waals surface area (Å²) in [5.74, 6) is 2.21. The quantitative estimate of drug-likeness (QED) is 0.488. The monoisotopic (exact) mass is 289 g/mol. The van der Waals surface area contributed by atoms with E-state index in [4.69, 9.17) is 5.73 Å². The van der Waals surface area contributed by atoms with Crippen LogP contribution < -0.4 is 5.73 Å². The van der Waals surface area contributed by atoms with Gasteiger partial charge in [-0.2, -0.15) is 0 Å². The van der Waals surface area contributed by atoms with Crippen molar-refractivity contribution in [3.05, 3.63) is 53.6 Å². The summed E-state index contributed by atoms with van der Waals surface area (Å²) in [4.78, 5) is 2.64. The zero-order valence-corrected chi connectivity index (χ0v) is 13.0. The van der Waals surface area contributed by atoms with Gasteiger partial charge in [0, 0.05) is 27.0 Å². The summed E-state index contributed by atoms with van der Waals surface area (Å²) in [7, 11) is 0. The van der Waals surface area contributed by atoms with Gasteiger partial charge in [-0.05, 0) is 43.7 Å². The Hall–Kier alpha value is -1.06. The molecule has 0 heterocycles. The molecule has 0 unspecified atom stereocenters. The summed E-state index contributed by atoms with van der Waals surface area (Å²) < 4.78 is 0. The minimum absolute atomic E-state index is 0.847. The van der Waals surface area contributed by atoms with Gasteiger partial charge in [-0.1, -0.05) is 23.8 Å². The number of hydrogen-bond acceptors (Lipinski definition) is 3. The highest BCUT2D eigenvalue weighted by Crippen LogP contribution is 2.27. The van der Waals surface area contributed by atoms with E-state index in [9.17, 15) is 0 Å². The maximum Gasteiger partial charge on any atom is 0.0325 e. The van der Waals surface area contributed by atoms with Gasteiger partial charge in [0.15, 0.2) is 0 Å². The van der Waals surface area contributed by atoms with Crippen LogP contribution in [0.1, 0.15) is 11.1 Å². The van der Waals surface area contributed by atoms with Crippen LogP contribution in [0.25, 0.3) is 0 Å². The zero-order chi connectivity index (χ0) is 13.7. The fourth-order valence-corrected chi connectivity index (χ4v) is 3.68. The fourth-order valence-electron chi connectivity index (χ4n) is 1.72. The van der Waals surface area contributed by atoms with E-state index in [0.717, 1.165) is 17.2 Å². The van der Waals surface area contributed by atoms with Gasteiger partial charge < -0.3 is 5.73 Å². The van der Waals surface area contributed by atoms with Crippen LogP contribution in [0.15, 0.2) is 52.3 Å². The van der Waals surface area contributed by atoms with Crippen molar-refractivity contribution < 1.29 is 0 Å². The number of nitrogens with two attached hydrogens (primary N) is 1. The lowest BCUT2D eigenvalue weighted by molar-refractivity contribution is 1.30. The average molecular weight is 289 g/mol. The van der Waals surface area contributed by atoms with Crippen molar-refractivity contribution in [2.24, 2.45) is 0 Å². The molecule has 0 saturated carbocycles. The molecule has 2 rings (SSSR count). The van der Waals surface area contributed by atoms with Crippen LogP contribution in [0.3, 0.4) is 0 Å². The summed E-state index contributed by atoms with van der Waals surface area (Å²) in [5.41, 5.74) is 9.28. The Labute approximate surface area is 124 Å². The minimum atomic E-state index is 0.847. The van der Waals surface area contributed by atoms with Crippen LogP contribution in [-0.4, -0.2) is 11.5 Å². The Morgan fingerprint density at radius 2 is 1.58 bits per heavy atom. The molecular formula is C16H19NS2. The van der Waals surface area contributed by atoms with E-state index in [0.29, 0.717) is 0 Å². The van der Waals surface area contributed by atoms with Crippen molar-refractivity contribution in [1.29, 1.82) is 0 Å². The van der Waals surface area contributed by atoms with Crippen LogP contribution in [0, 0.1) is 13.8 Å². The first-order valence-electron chi connectivity index (χ1n) is 6.33. The molecule has 0 bridgehead atoms. The lowest BCUT2D eigenvalue weighted by Crippen LogP contribution is -1.90. The molecule has 0 fully saturated rings. The van der Waals surface area contributed by atoms with Crippen molar-refractivity contribution in [3.63, 3.8) is 0 Å². The summed E-state index contributed by atoms with van der Waals surface area (Å²) >= 11 is 3.79. The van der Waals surface area contributed by atoms with Gasteiger partial charge >= 0.3 is 0 Å². The van der Waals surface area contributed by atoms with Crippen molar-refractivity contribution in [2.45, 2.75) is 23.6 Å². The molecule has 2 aromatic carbocycles. The Morgan fingerprint density at radius 3 is 2.32 bits per heavy atom. The Morgan fingerprint density at radius 1 is 0.895 bits per heavy atom. The largest absolute Gasteiger partial charge is 0.399 e. The first-order chi connectivity index (χ1) is 9.15. The molecule has 0 radical (unpaired) electrons. The number of benzene rings is 2. The number of nitrogen functional groups attached to an aromatic ring is 1. The van der Waals surface area contributed by atoms with Gasteiger partial charge in [0.05, 0.1) is 0 Å². The van der Waals surface area contributed by atoms with Crippen LogP contribution in [0.5, 0.6) is 0 Å².